The van der Waals surface area contributed by atoms with Crippen molar-refractivity contribution >= 4 is 0 Å². The highest BCUT2D eigenvalue weighted by atomic mass is 14.8. The van der Waals surface area contributed by atoms with E-state index in [0.717, 1.165) is 22.5 Å². The Morgan fingerprint density at radius 2 is 1.33 bits per heavy atom. The summed E-state index contributed by atoms with van der Waals surface area (Å²) in [4.78, 5) is 4.79. The highest BCUT2D eigenvalue weighted by Crippen LogP contribution is 2.31. The van der Waals surface area contributed by atoms with E-state index in [2.05, 4.69) is 30.3 Å². The summed E-state index contributed by atoms with van der Waals surface area (Å²) < 4.78 is 0. The molecular weight excluding hydrogens is 256 g/mol. The van der Waals surface area contributed by atoms with Crippen LogP contribution in [0.4, 0.5) is 0 Å². The van der Waals surface area contributed by atoms with Crippen molar-refractivity contribution in [2.45, 2.75) is 13.0 Å². The Morgan fingerprint density at radius 3 is 1.90 bits per heavy atom. The quantitative estimate of drug-likeness (QED) is 0.767. The normalized spacial score (nSPS) is 12.1. The molecule has 0 spiro atoms. The van der Waals surface area contributed by atoms with Gasteiger partial charge in [0.2, 0.25) is 0 Å². The number of pyridine rings is 1. The number of rotatable bonds is 3. The third-order valence-corrected chi connectivity index (χ3v) is 3.52. The van der Waals surface area contributed by atoms with Crippen LogP contribution >= 0.6 is 0 Å². The molecule has 1 heterocycles. The Morgan fingerprint density at radius 1 is 0.762 bits per heavy atom. The smallest absolute Gasteiger partial charge is 0.0784 e. The van der Waals surface area contributed by atoms with Crippen molar-refractivity contribution in [1.82, 2.24) is 4.98 Å². The topological polar surface area (TPSA) is 38.9 Å². The molecule has 0 aliphatic carbocycles. The van der Waals surface area contributed by atoms with Crippen molar-refractivity contribution in [2.75, 3.05) is 0 Å². The molecule has 1 atom stereocenters. The first-order valence-corrected chi connectivity index (χ1v) is 7.13. The summed E-state index contributed by atoms with van der Waals surface area (Å²) in [7, 11) is 0. The zero-order valence-electron chi connectivity index (χ0n) is 12.0. The van der Waals surface area contributed by atoms with Crippen LogP contribution < -0.4 is 5.73 Å². The number of hydrogen-bond donors (Lipinski definition) is 1. The van der Waals surface area contributed by atoms with Gasteiger partial charge in [0.25, 0.3) is 0 Å². The molecule has 0 radical (unpaired) electrons. The zero-order valence-corrected chi connectivity index (χ0v) is 12.0. The summed E-state index contributed by atoms with van der Waals surface area (Å²) >= 11 is 0. The molecule has 104 valence electrons. The maximum atomic E-state index is 5.99. The van der Waals surface area contributed by atoms with Crippen molar-refractivity contribution in [1.29, 1.82) is 0 Å². The summed E-state index contributed by atoms with van der Waals surface area (Å²) in [5, 5.41) is 0. The highest BCUT2D eigenvalue weighted by molar-refractivity contribution is 5.80. The fourth-order valence-corrected chi connectivity index (χ4v) is 2.39. The molecule has 3 aromatic rings. The highest BCUT2D eigenvalue weighted by Gasteiger charge is 2.11. The van der Waals surface area contributed by atoms with E-state index in [1.807, 2.05) is 49.4 Å². The average Bonchev–Trinajstić information content (AvgIpc) is 2.56. The van der Waals surface area contributed by atoms with E-state index in [1.165, 1.54) is 5.56 Å². The Kier molecular flexibility index (Phi) is 3.80. The lowest BCUT2D eigenvalue weighted by Gasteiger charge is -2.13. The van der Waals surface area contributed by atoms with E-state index in [1.54, 1.807) is 0 Å². The summed E-state index contributed by atoms with van der Waals surface area (Å²) in [5.74, 6) is 0. The molecule has 2 N–H and O–H groups in total. The lowest BCUT2D eigenvalue weighted by molar-refractivity contribution is 0.783. The van der Waals surface area contributed by atoms with Crippen LogP contribution in [0.15, 0.2) is 72.8 Å². The largest absolute Gasteiger partial charge is 0.323 e. The fraction of sp³-hybridized carbons (Fsp3) is 0.105. The van der Waals surface area contributed by atoms with Gasteiger partial charge in [-0.2, -0.15) is 0 Å². The molecule has 0 amide bonds. The van der Waals surface area contributed by atoms with Gasteiger partial charge >= 0.3 is 0 Å². The van der Waals surface area contributed by atoms with Crippen LogP contribution in [-0.4, -0.2) is 4.98 Å². The van der Waals surface area contributed by atoms with Crippen LogP contribution in [0.2, 0.25) is 0 Å². The average molecular weight is 274 g/mol. The predicted octanol–water partition coefficient (Wildman–Crippen LogP) is 4.44. The standard InChI is InChI=1S/C19H18N2/c1-14(20)18-13-12-17(15-8-4-2-5-9-15)19(21-18)16-10-6-3-7-11-16/h2-14H,20H2,1H3. The molecule has 2 nitrogen and oxygen atoms in total. The van der Waals surface area contributed by atoms with Crippen molar-refractivity contribution in [3.05, 3.63) is 78.5 Å². The minimum absolute atomic E-state index is 0.0720. The van der Waals surface area contributed by atoms with E-state index in [4.69, 9.17) is 10.7 Å². The van der Waals surface area contributed by atoms with Crippen molar-refractivity contribution < 1.29 is 0 Å². The molecule has 0 bridgehead atoms. The maximum absolute atomic E-state index is 5.99. The first kappa shape index (κ1) is 13.5. The Balaban J connectivity index is 2.21. The van der Waals surface area contributed by atoms with E-state index in [-0.39, 0.29) is 6.04 Å². The van der Waals surface area contributed by atoms with Crippen molar-refractivity contribution in [3.8, 4) is 22.4 Å². The number of nitrogens with two attached hydrogens (primary N) is 1. The molecule has 1 unspecified atom stereocenters. The number of aromatic nitrogens is 1. The van der Waals surface area contributed by atoms with Crippen LogP contribution in [0, 0.1) is 0 Å². The van der Waals surface area contributed by atoms with Gasteiger partial charge in [0.05, 0.1) is 11.4 Å². The van der Waals surface area contributed by atoms with E-state index in [9.17, 15) is 0 Å². The molecule has 0 saturated heterocycles. The second-order valence-corrected chi connectivity index (χ2v) is 5.15. The molecule has 0 saturated carbocycles. The third-order valence-electron chi connectivity index (χ3n) is 3.52. The molecule has 2 heteroatoms. The second kappa shape index (κ2) is 5.90. The molecule has 0 fully saturated rings. The number of nitrogens with zero attached hydrogens (tertiary/aromatic N) is 1. The van der Waals surface area contributed by atoms with Gasteiger partial charge in [0.1, 0.15) is 0 Å². The van der Waals surface area contributed by atoms with E-state index in [0.29, 0.717) is 0 Å². The van der Waals surface area contributed by atoms with Gasteiger partial charge in [-0.05, 0) is 18.6 Å². The van der Waals surface area contributed by atoms with Crippen LogP contribution in [0.25, 0.3) is 22.4 Å². The molecule has 3 rings (SSSR count). The maximum Gasteiger partial charge on any atom is 0.0784 e. The Bertz CT molecular complexity index is 719. The van der Waals surface area contributed by atoms with E-state index >= 15 is 0 Å². The molecule has 2 aromatic carbocycles. The number of benzene rings is 2. The summed E-state index contributed by atoms with van der Waals surface area (Å²) in [6.07, 6.45) is 0. The lowest BCUT2D eigenvalue weighted by atomic mass is 9.98. The zero-order chi connectivity index (χ0) is 14.7. The van der Waals surface area contributed by atoms with Gasteiger partial charge in [-0.1, -0.05) is 66.7 Å². The van der Waals surface area contributed by atoms with Crippen LogP contribution in [0.1, 0.15) is 18.7 Å². The monoisotopic (exact) mass is 274 g/mol. The molecule has 0 aliphatic rings. The van der Waals surface area contributed by atoms with Crippen LogP contribution in [0.5, 0.6) is 0 Å². The SMILES string of the molecule is CC(N)c1ccc(-c2ccccc2)c(-c2ccccc2)n1. The Labute approximate surface area is 125 Å². The molecule has 21 heavy (non-hydrogen) atoms. The summed E-state index contributed by atoms with van der Waals surface area (Å²) in [5.41, 5.74) is 11.3. The van der Waals surface area contributed by atoms with Crippen LogP contribution in [0.3, 0.4) is 0 Å². The predicted molar refractivity (Wildman–Crippen MR) is 87.7 cm³/mol. The van der Waals surface area contributed by atoms with Crippen molar-refractivity contribution in [3.63, 3.8) is 0 Å². The minimum Gasteiger partial charge on any atom is -0.323 e. The van der Waals surface area contributed by atoms with Gasteiger partial charge in [0, 0.05) is 17.2 Å². The van der Waals surface area contributed by atoms with Crippen molar-refractivity contribution in [2.24, 2.45) is 5.73 Å². The van der Waals surface area contributed by atoms with Gasteiger partial charge < -0.3 is 5.73 Å². The Hall–Kier alpha value is -2.45. The van der Waals surface area contributed by atoms with Gasteiger partial charge in [-0.15, -0.1) is 0 Å². The number of hydrogen-bond acceptors (Lipinski definition) is 2. The van der Waals surface area contributed by atoms with Crippen LogP contribution in [-0.2, 0) is 0 Å². The fourth-order valence-electron chi connectivity index (χ4n) is 2.39. The third kappa shape index (κ3) is 2.86. The molecule has 1 aromatic heterocycles. The summed E-state index contributed by atoms with van der Waals surface area (Å²) in [6, 6.07) is 24.6. The molecular formula is C19H18N2. The van der Waals surface area contributed by atoms with Gasteiger partial charge in [-0.25, -0.2) is 0 Å². The first-order chi connectivity index (χ1) is 10.3. The molecule has 0 aliphatic heterocycles. The van der Waals surface area contributed by atoms with E-state index < -0.39 is 0 Å². The summed E-state index contributed by atoms with van der Waals surface area (Å²) in [6.45, 7) is 1.96. The van der Waals surface area contributed by atoms with Gasteiger partial charge in [0.15, 0.2) is 0 Å². The first-order valence-electron chi connectivity index (χ1n) is 7.13. The lowest BCUT2D eigenvalue weighted by Crippen LogP contribution is -2.08. The second-order valence-electron chi connectivity index (χ2n) is 5.15. The van der Waals surface area contributed by atoms with Gasteiger partial charge in [-0.3, -0.25) is 4.98 Å². The minimum atomic E-state index is -0.0720.